The smallest absolute Gasteiger partial charge is 0.319 e. The maximum Gasteiger partial charge on any atom is 0.319 e. The third-order valence-electron chi connectivity index (χ3n) is 3.24. The van der Waals surface area contributed by atoms with Crippen molar-refractivity contribution in [3.63, 3.8) is 0 Å². The van der Waals surface area contributed by atoms with Crippen LogP contribution in [0.15, 0.2) is 36.7 Å². The van der Waals surface area contributed by atoms with Gasteiger partial charge < -0.3 is 5.32 Å². The summed E-state index contributed by atoms with van der Waals surface area (Å²) in [6.45, 7) is -2.13. The number of nitrogens with one attached hydrogen (secondary N) is 1. The highest BCUT2D eigenvalue weighted by Crippen LogP contribution is 2.14. The molecule has 2 rings (SSSR count). The van der Waals surface area contributed by atoms with E-state index in [1.54, 1.807) is 18.0 Å². The van der Waals surface area contributed by atoms with Gasteiger partial charge in [0.05, 0.1) is 12.2 Å². The Hall–Kier alpha value is -2.35. The Labute approximate surface area is 131 Å². The standard InChI is InChI=1S/C15H17F3N4O/c1-21(10-13-19-7-9-22(13)15(17)18)8-6-14(23)20-12-5-3-2-4-11(12)16/h2-5,7,9,15H,6,8,10H2,1H3,(H,20,23). The third-order valence-corrected chi connectivity index (χ3v) is 3.24. The molecule has 23 heavy (non-hydrogen) atoms. The molecule has 0 saturated heterocycles. The van der Waals surface area contributed by atoms with Crippen molar-refractivity contribution in [1.82, 2.24) is 14.5 Å². The fourth-order valence-electron chi connectivity index (χ4n) is 2.03. The van der Waals surface area contributed by atoms with Crippen LogP contribution in [0, 0.1) is 5.82 Å². The molecule has 0 saturated carbocycles. The molecule has 0 radical (unpaired) electrons. The molecule has 2 aromatic rings. The highest BCUT2D eigenvalue weighted by molar-refractivity contribution is 5.90. The van der Waals surface area contributed by atoms with Crippen molar-refractivity contribution in [3.05, 3.63) is 48.3 Å². The molecule has 0 aliphatic heterocycles. The number of anilines is 1. The molecule has 0 bridgehead atoms. The van der Waals surface area contributed by atoms with Gasteiger partial charge >= 0.3 is 6.55 Å². The summed E-state index contributed by atoms with van der Waals surface area (Å²) in [5.74, 6) is -0.635. The lowest BCUT2D eigenvalue weighted by Gasteiger charge is -2.17. The zero-order valence-corrected chi connectivity index (χ0v) is 12.5. The Bertz CT molecular complexity index is 660. The van der Waals surface area contributed by atoms with E-state index in [4.69, 9.17) is 0 Å². The summed E-state index contributed by atoms with van der Waals surface area (Å²) in [5, 5.41) is 2.47. The minimum Gasteiger partial charge on any atom is -0.324 e. The Morgan fingerprint density at radius 1 is 1.39 bits per heavy atom. The van der Waals surface area contributed by atoms with Gasteiger partial charge in [0.15, 0.2) is 0 Å². The van der Waals surface area contributed by atoms with Gasteiger partial charge in [0.25, 0.3) is 0 Å². The third kappa shape index (κ3) is 4.82. The van der Waals surface area contributed by atoms with Crippen LogP contribution in [-0.2, 0) is 11.3 Å². The molecule has 0 aliphatic rings. The van der Waals surface area contributed by atoms with E-state index in [1.807, 2.05) is 0 Å². The number of amides is 1. The number of hydrogen-bond donors (Lipinski definition) is 1. The van der Waals surface area contributed by atoms with E-state index >= 15 is 0 Å². The largest absolute Gasteiger partial charge is 0.324 e. The van der Waals surface area contributed by atoms with Gasteiger partial charge in [0.1, 0.15) is 11.6 Å². The van der Waals surface area contributed by atoms with E-state index in [2.05, 4.69) is 10.3 Å². The van der Waals surface area contributed by atoms with Crippen molar-refractivity contribution in [2.75, 3.05) is 18.9 Å². The van der Waals surface area contributed by atoms with Gasteiger partial charge in [0.2, 0.25) is 5.91 Å². The fraction of sp³-hybridized carbons (Fsp3) is 0.333. The minimum atomic E-state index is -2.65. The molecule has 1 aromatic heterocycles. The molecule has 0 fully saturated rings. The van der Waals surface area contributed by atoms with E-state index < -0.39 is 12.4 Å². The number of aromatic nitrogens is 2. The second kappa shape index (κ2) is 7.77. The molecule has 1 N–H and O–H groups in total. The van der Waals surface area contributed by atoms with E-state index in [-0.39, 0.29) is 30.4 Å². The summed E-state index contributed by atoms with van der Waals surface area (Å²) in [5.41, 5.74) is 0.119. The molecule has 0 spiro atoms. The van der Waals surface area contributed by atoms with Crippen LogP contribution in [-0.4, -0.2) is 34.0 Å². The number of halogens is 3. The first-order valence-electron chi connectivity index (χ1n) is 7.00. The molecule has 0 unspecified atom stereocenters. The van der Waals surface area contributed by atoms with Crippen molar-refractivity contribution in [3.8, 4) is 0 Å². The Kier molecular flexibility index (Phi) is 5.75. The first-order chi connectivity index (χ1) is 11.0. The van der Waals surface area contributed by atoms with Gasteiger partial charge in [0, 0.05) is 25.4 Å². The molecule has 0 atom stereocenters. The Morgan fingerprint density at radius 2 is 2.13 bits per heavy atom. The number of hydrogen-bond acceptors (Lipinski definition) is 3. The van der Waals surface area contributed by atoms with Crippen LogP contribution in [0.3, 0.4) is 0 Å². The fourth-order valence-corrected chi connectivity index (χ4v) is 2.03. The van der Waals surface area contributed by atoms with Crippen molar-refractivity contribution in [2.24, 2.45) is 0 Å². The quantitative estimate of drug-likeness (QED) is 0.851. The summed E-state index contributed by atoms with van der Waals surface area (Å²) in [7, 11) is 1.70. The maximum absolute atomic E-state index is 13.4. The van der Waals surface area contributed by atoms with Gasteiger partial charge in [-0.3, -0.25) is 14.3 Å². The zero-order chi connectivity index (χ0) is 16.8. The van der Waals surface area contributed by atoms with E-state index in [0.717, 1.165) is 4.57 Å². The monoisotopic (exact) mass is 326 g/mol. The summed E-state index contributed by atoms with van der Waals surface area (Å²) in [6, 6.07) is 5.88. The highest BCUT2D eigenvalue weighted by atomic mass is 19.3. The summed E-state index contributed by atoms with van der Waals surface area (Å²) in [6.07, 6.45) is 2.62. The van der Waals surface area contributed by atoms with Gasteiger partial charge in [-0.1, -0.05) is 12.1 Å². The highest BCUT2D eigenvalue weighted by Gasteiger charge is 2.14. The van der Waals surface area contributed by atoms with Gasteiger partial charge in [-0.25, -0.2) is 9.37 Å². The molecule has 8 heteroatoms. The number of alkyl halides is 2. The summed E-state index contributed by atoms with van der Waals surface area (Å²) in [4.78, 5) is 17.4. The topological polar surface area (TPSA) is 50.2 Å². The molecule has 124 valence electrons. The van der Waals surface area contributed by atoms with Gasteiger partial charge in [-0.2, -0.15) is 8.78 Å². The molecular weight excluding hydrogens is 309 g/mol. The van der Waals surface area contributed by atoms with Gasteiger partial charge in [-0.05, 0) is 19.2 Å². The predicted octanol–water partition coefficient (Wildman–Crippen LogP) is 2.88. The van der Waals surface area contributed by atoms with Crippen molar-refractivity contribution >= 4 is 11.6 Å². The van der Waals surface area contributed by atoms with Crippen molar-refractivity contribution in [1.29, 1.82) is 0 Å². The number of carbonyl (C=O) groups is 1. The lowest BCUT2D eigenvalue weighted by atomic mass is 10.3. The molecular formula is C15H17F3N4O. The number of carbonyl (C=O) groups excluding carboxylic acids is 1. The Balaban J connectivity index is 1.82. The first kappa shape index (κ1) is 17.0. The van der Waals surface area contributed by atoms with Crippen LogP contribution in [0.4, 0.5) is 18.9 Å². The molecule has 1 amide bonds. The van der Waals surface area contributed by atoms with Crippen LogP contribution in [0.5, 0.6) is 0 Å². The summed E-state index contributed by atoms with van der Waals surface area (Å²) >= 11 is 0. The van der Waals surface area contributed by atoms with Crippen LogP contribution >= 0.6 is 0 Å². The second-order valence-corrected chi connectivity index (χ2v) is 5.04. The number of rotatable bonds is 7. The molecule has 0 aliphatic carbocycles. The van der Waals surface area contributed by atoms with Gasteiger partial charge in [-0.15, -0.1) is 0 Å². The number of benzene rings is 1. The lowest BCUT2D eigenvalue weighted by molar-refractivity contribution is -0.116. The summed E-state index contributed by atoms with van der Waals surface area (Å²) < 4.78 is 39.6. The minimum absolute atomic E-state index is 0.111. The number of para-hydroxylation sites is 1. The molecule has 1 aromatic carbocycles. The number of nitrogens with zero attached hydrogens (tertiary/aromatic N) is 3. The second-order valence-electron chi connectivity index (χ2n) is 5.04. The average molecular weight is 326 g/mol. The lowest BCUT2D eigenvalue weighted by Crippen LogP contribution is -2.25. The number of imidazole rings is 1. The first-order valence-corrected chi connectivity index (χ1v) is 7.00. The maximum atomic E-state index is 13.4. The van der Waals surface area contributed by atoms with Crippen LogP contribution < -0.4 is 5.32 Å². The van der Waals surface area contributed by atoms with E-state index in [9.17, 15) is 18.0 Å². The predicted molar refractivity (Wildman–Crippen MR) is 79.5 cm³/mol. The van der Waals surface area contributed by atoms with Crippen LogP contribution in [0.25, 0.3) is 0 Å². The molecule has 5 nitrogen and oxygen atoms in total. The average Bonchev–Trinajstić information content (AvgIpc) is 2.96. The van der Waals surface area contributed by atoms with Crippen molar-refractivity contribution < 1.29 is 18.0 Å². The molecule has 1 heterocycles. The zero-order valence-electron chi connectivity index (χ0n) is 12.5. The van der Waals surface area contributed by atoms with E-state index in [1.165, 1.54) is 30.6 Å². The van der Waals surface area contributed by atoms with Crippen LogP contribution in [0.1, 0.15) is 18.8 Å². The van der Waals surface area contributed by atoms with Crippen molar-refractivity contribution in [2.45, 2.75) is 19.5 Å². The SMILES string of the molecule is CN(CCC(=O)Nc1ccccc1F)Cc1nccn1C(F)F. The van der Waals surface area contributed by atoms with Crippen LogP contribution in [0.2, 0.25) is 0 Å². The Morgan fingerprint density at radius 3 is 2.83 bits per heavy atom. The normalized spacial score (nSPS) is 11.2. The van der Waals surface area contributed by atoms with E-state index in [0.29, 0.717) is 6.54 Å².